The van der Waals surface area contributed by atoms with E-state index in [1.807, 2.05) is 25.1 Å². The molecule has 2 unspecified atom stereocenters. The topological polar surface area (TPSA) is 119 Å². The minimum absolute atomic E-state index is 0.0960. The summed E-state index contributed by atoms with van der Waals surface area (Å²) in [7, 11) is -3.73. The Hall–Kier alpha value is -3.14. The van der Waals surface area contributed by atoms with Gasteiger partial charge in [-0.2, -0.15) is 0 Å². The monoisotopic (exact) mass is 664 g/mol. The van der Waals surface area contributed by atoms with Crippen molar-refractivity contribution >= 4 is 21.4 Å². The molecule has 1 heterocycles. The highest BCUT2D eigenvalue weighted by molar-refractivity contribution is 7.92. The molecule has 256 valence electrons. The first kappa shape index (κ1) is 35.2. The van der Waals surface area contributed by atoms with Gasteiger partial charge in [0.1, 0.15) is 12.4 Å². The molecule has 0 radical (unpaired) electrons. The smallest absolute Gasteiger partial charge is 0.248 e. The van der Waals surface area contributed by atoms with E-state index in [0.717, 1.165) is 42.5 Å². The maximum absolute atomic E-state index is 14.9. The summed E-state index contributed by atoms with van der Waals surface area (Å²) in [5, 5.41) is 9.71. The summed E-state index contributed by atoms with van der Waals surface area (Å²) >= 11 is 0. The number of allylic oxidation sites excluding steroid dienone is 2. The van der Waals surface area contributed by atoms with Crippen LogP contribution in [0.1, 0.15) is 80.3 Å². The minimum atomic E-state index is -3.73. The zero-order valence-corrected chi connectivity index (χ0v) is 28.8. The standard InChI is InChI=1S/C38H52N2O6S/c1-4-7-9-15-34(41)31-19-16-29(31)23-40-25-38(26-46-35-20-17-28(37(39)42)22-33(35)40)32-14-11-10-12-27(32)18-21-36(38)47(43,44)30(13-8-5-2)24-45-6-3/h5,9-12,14-15,17,20,22,29-31,34,36,41H,2,4,6-8,13,16,18-19,21,23-26H2,1,3H3,(H2,39,42)/b15-9+/t29-,30+,31+,34-,36?,38?/m0/s1. The SMILES string of the molecule is C=CCC[C@H](COCC)S(=O)(=O)C1CCc2ccccc2C12COc1ccc(C(N)=O)cc1N(C[C@@H]1CC[C@H]1[C@@H](O)/C=C/CCC)C2. The number of carbonyl (C=O) groups is 1. The van der Waals surface area contributed by atoms with Crippen molar-refractivity contribution in [1.29, 1.82) is 0 Å². The Bertz CT molecular complexity index is 1540. The number of hydrogen-bond acceptors (Lipinski definition) is 7. The molecule has 1 aliphatic heterocycles. The second-order valence-electron chi connectivity index (χ2n) is 13.5. The van der Waals surface area contributed by atoms with Crippen molar-refractivity contribution in [2.45, 2.75) is 87.2 Å². The molecule has 1 fully saturated rings. The van der Waals surface area contributed by atoms with Crippen molar-refractivity contribution in [2.24, 2.45) is 17.6 Å². The number of sulfone groups is 1. The summed E-state index contributed by atoms with van der Waals surface area (Å²) in [6, 6.07) is 13.4. The van der Waals surface area contributed by atoms with E-state index in [0.29, 0.717) is 56.7 Å². The first-order valence-electron chi connectivity index (χ1n) is 17.3. The lowest BCUT2D eigenvalue weighted by molar-refractivity contribution is 0.0456. The molecular weight excluding hydrogens is 612 g/mol. The van der Waals surface area contributed by atoms with Gasteiger partial charge in [0.2, 0.25) is 5.91 Å². The second-order valence-corrected chi connectivity index (χ2v) is 15.9. The van der Waals surface area contributed by atoms with E-state index in [1.54, 1.807) is 24.3 Å². The predicted octanol–water partition coefficient (Wildman–Crippen LogP) is 5.77. The molecule has 9 heteroatoms. The fraction of sp³-hybridized carbons (Fsp3) is 0.553. The number of aryl methyl sites for hydroxylation is 1. The van der Waals surface area contributed by atoms with Crippen molar-refractivity contribution in [3.63, 3.8) is 0 Å². The lowest BCUT2D eigenvalue weighted by atomic mass is 9.68. The molecular formula is C38H52N2O6S. The van der Waals surface area contributed by atoms with Crippen LogP contribution in [0.2, 0.25) is 0 Å². The average Bonchev–Trinajstić information content (AvgIpc) is 3.20. The Balaban J connectivity index is 1.60. The second kappa shape index (κ2) is 15.4. The number of amides is 1. The van der Waals surface area contributed by atoms with Gasteiger partial charge in [-0.3, -0.25) is 4.79 Å². The Morgan fingerprint density at radius 3 is 2.70 bits per heavy atom. The number of nitrogens with two attached hydrogens (primary N) is 1. The van der Waals surface area contributed by atoms with E-state index in [-0.39, 0.29) is 25.0 Å². The molecule has 1 spiro atoms. The number of aliphatic hydroxyl groups excluding tert-OH is 1. The minimum Gasteiger partial charge on any atom is -0.490 e. The molecule has 3 aliphatic rings. The van der Waals surface area contributed by atoms with Gasteiger partial charge >= 0.3 is 0 Å². The third-order valence-corrected chi connectivity index (χ3v) is 13.4. The predicted molar refractivity (Wildman–Crippen MR) is 188 cm³/mol. The van der Waals surface area contributed by atoms with Gasteiger partial charge in [-0.1, -0.05) is 55.8 Å². The Kier molecular flexibility index (Phi) is 11.5. The van der Waals surface area contributed by atoms with Crippen molar-refractivity contribution in [2.75, 3.05) is 37.8 Å². The van der Waals surface area contributed by atoms with Crippen LogP contribution >= 0.6 is 0 Å². The van der Waals surface area contributed by atoms with Gasteiger partial charge in [-0.15, -0.1) is 6.58 Å². The highest BCUT2D eigenvalue weighted by Gasteiger charge is 2.55. The Morgan fingerprint density at radius 2 is 2.00 bits per heavy atom. The first-order valence-corrected chi connectivity index (χ1v) is 18.9. The van der Waals surface area contributed by atoms with Gasteiger partial charge in [-0.25, -0.2) is 8.42 Å². The summed E-state index contributed by atoms with van der Waals surface area (Å²) < 4.78 is 42.2. The quantitative estimate of drug-likeness (QED) is 0.232. The van der Waals surface area contributed by atoms with Crippen LogP contribution in [0.25, 0.3) is 0 Å². The fourth-order valence-corrected chi connectivity index (χ4v) is 10.5. The van der Waals surface area contributed by atoms with Crippen LogP contribution < -0.4 is 15.4 Å². The van der Waals surface area contributed by atoms with Crippen molar-refractivity contribution in [3.8, 4) is 5.75 Å². The normalized spacial score (nSPS) is 25.3. The van der Waals surface area contributed by atoms with E-state index in [1.165, 1.54) is 0 Å². The maximum atomic E-state index is 14.9. The molecule has 2 aromatic rings. The van der Waals surface area contributed by atoms with Gasteiger partial charge in [0, 0.05) is 25.3 Å². The van der Waals surface area contributed by atoms with Crippen LogP contribution in [-0.2, 0) is 26.4 Å². The highest BCUT2D eigenvalue weighted by Crippen LogP contribution is 2.49. The third kappa shape index (κ3) is 7.32. The van der Waals surface area contributed by atoms with E-state index in [4.69, 9.17) is 15.2 Å². The largest absolute Gasteiger partial charge is 0.490 e. The molecule has 2 aromatic carbocycles. The summed E-state index contributed by atoms with van der Waals surface area (Å²) in [5.74, 6) is 0.347. The van der Waals surface area contributed by atoms with E-state index in [9.17, 15) is 18.3 Å². The van der Waals surface area contributed by atoms with E-state index in [2.05, 4.69) is 36.6 Å². The summed E-state index contributed by atoms with van der Waals surface area (Å²) in [6.45, 7) is 9.58. The number of hydrogen-bond donors (Lipinski definition) is 2. The first-order chi connectivity index (χ1) is 22.7. The lowest BCUT2D eigenvalue weighted by Gasteiger charge is -2.48. The van der Waals surface area contributed by atoms with E-state index < -0.39 is 37.8 Å². The lowest BCUT2D eigenvalue weighted by Crippen LogP contribution is -2.59. The molecule has 1 saturated carbocycles. The highest BCUT2D eigenvalue weighted by atomic mass is 32.2. The van der Waals surface area contributed by atoms with Crippen molar-refractivity contribution < 1.29 is 27.8 Å². The maximum Gasteiger partial charge on any atom is 0.248 e. The fourth-order valence-electron chi connectivity index (χ4n) is 7.90. The van der Waals surface area contributed by atoms with Crippen LogP contribution in [0.15, 0.2) is 67.3 Å². The molecule has 0 aromatic heterocycles. The Morgan fingerprint density at radius 1 is 1.19 bits per heavy atom. The number of unbranched alkanes of at least 4 members (excludes halogenated alkanes) is 1. The molecule has 2 aliphatic carbocycles. The van der Waals surface area contributed by atoms with Crippen molar-refractivity contribution in [3.05, 3.63) is 84.0 Å². The van der Waals surface area contributed by atoms with Crippen molar-refractivity contribution in [1.82, 2.24) is 0 Å². The number of anilines is 1. The zero-order chi connectivity index (χ0) is 33.6. The van der Waals surface area contributed by atoms with Crippen LogP contribution in [0.4, 0.5) is 5.69 Å². The number of ether oxygens (including phenoxy) is 2. The van der Waals surface area contributed by atoms with Gasteiger partial charge in [-0.05, 0) is 93.0 Å². The molecule has 1 amide bonds. The summed E-state index contributed by atoms with van der Waals surface area (Å²) in [5.41, 5.74) is 8.09. The molecule has 6 atom stereocenters. The molecule has 47 heavy (non-hydrogen) atoms. The van der Waals surface area contributed by atoms with Crippen LogP contribution in [0, 0.1) is 11.8 Å². The van der Waals surface area contributed by atoms with Crippen LogP contribution in [0.5, 0.6) is 5.75 Å². The third-order valence-electron chi connectivity index (χ3n) is 10.6. The van der Waals surface area contributed by atoms with Gasteiger partial charge < -0.3 is 25.2 Å². The van der Waals surface area contributed by atoms with E-state index >= 15 is 0 Å². The van der Waals surface area contributed by atoms with Crippen LogP contribution in [-0.4, -0.2) is 68.9 Å². The molecule has 3 N–H and O–H groups in total. The number of primary amides is 1. The zero-order valence-electron chi connectivity index (χ0n) is 28.0. The average molecular weight is 665 g/mol. The van der Waals surface area contributed by atoms with Gasteiger partial charge in [0.25, 0.3) is 0 Å². The molecule has 0 saturated heterocycles. The number of benzene rings is 2. The summed E-state index contributed by atoms with van der Waals surface area (Å²) in [6.07, 6.45) is 11.2. The molecule has 5 rings (SSSR count). The number of aliphatic hydroxyl groups is 1. The Labute approximate surface area is 280 Å². The number of carbonyl (C=O) groups excluding carboxylic acids is 1. The molecule has 0 bridgehead atoms. The summed E-state index contributed by atoms with van der Waals surface area (Å²) in [4.78, 5) is 14.6. The van der Waals surface area contributed by atoms with Crippen LogP contribution in [0.3, 0.4) is 0 Å². The van der Waals surface area contributed by atoms with Gasteiger partial charge in [0.15, 0.2) is 9.84 Å². The number of rotatable bonds is 15. The van der Waals surface area contributed by atoms with Gasteiger partial charge in [0.05, 0.1) is 34.3 Å². The number of nitrogens with zero attached hydrogens (tertiary/aromatic N) is 1. The number of fused-ring (bicyclic) bond motifs is 3. The molecule has 8 nitrogen and oxygen atoms in total.